The zero-order valence-corrected chi connectivity index (χ0v) is 12.4. The number of aromatic nitrogens is 1. The lowest BCUT2D eigenvalue weighted by atomic mass is 9.99. The van der Waals surface area contributed by atoms with Crippen molar-refractivity contribution >= 4 is 22.8 Å². The molecule has 0 spiro atoms. The van der Waals surface area contributed by atoms with Crippen LogP contribution in [0.4, 0.5) is 4.39 Å². The number of Topliss-reactive ketones (excluding diaryl/α,β-unsaturated/α-hetero) is 1. The van der Waals surface area contributed by atoms with Crippen LogP contribution in [0.1, 0.15) is 21.5 Å². The topological polar surface area (TPSA) is 56.6 Å². The molecule has 4 heteroatoms. The molecule has 1 N–H and O–H groups in total. The minimum atomic E-state index is -0.411. The maximum absolute atomic E-state index is 13.3. The van der Waals surface area contributed by atoms with E-state index < -0.39 is 5.82 Å². The Hall–Kier alpha value is -3.19. The first-order chi connectivity index (χ1) is 11.1. The predicted molar refractivity (Wildman–Crippen MR) is 87.4 cm³/mol. The molecule has 2 aromatic carbocycles. The quantitative estimate of drug-likeness (QED) is 0.443. The lowest BCUT2D eigenvalue weighted by Crippen LogP contribution is -2.01. The van der Waals surface area contributed by atoms with Gasteiger partial charge in [-0.05, 0) is 42.3 Å². The summed E-state index contributed by atoms with van der Waals surface area (Å²) in [6.45, 7) is 1.91. The average Bonchev–Trinajstić information content (AvgIpc) is 2.97. The molecule has 0 saturated heterocycles. The summed E-state index contributed by atoms with van der Waals surface area (Å²) < 4.78 is 13.3. The third-order valence-electron chi connectivity index (χ3n) is 3.68. The first-order valence-corrected chi connectivity index (χ1v) is 7.09. The Morgan fingerprint density at radius 1 is 1.26 bits per heavy atom. The standard InChI is InChI=1S/C19H13FN2O/c1-12-4-2-7-17-18(12)16(11-22-17)19(23)14(10-21)8-13-5-3-6-15(20)9-13/h2-9,11,22H,1H3/b14-8+. The first kappa shape index (κ1) is 14.7. The Morgan fingerprint density at radius 2 is 2.04 bits per heavy atom. The van der Waals surface area contributed by atoms with E-state index in [4.69, 9.17) is 0 Å². The van der Waals surface area contributed by atoms with Crippen LogP contribution in [0.5, 0.6) is 0 Å². The van der Waals surface area contributed by atoms with Gasteiger partial charge in [-0.3, -0.25) is 4.79 Å². The van der Waals surface area contributed by atoms with Gasteiger partial charge in [0.15, 0.2) is 0 Å². The van der Waals surface area contributed by atoms with Crippen LogP contribution in [-0.2, 0) is 0 Å². The Balaban J connectivity index is 2.08. The molecule has 0 saturated carbocycles. The van der Waals surface area contributed by atoms with Gasteiger partial charge in [0.2, 0.25) is 5.78 Å². The van der Waals surface area contributed by atoms with Gasteiger partial charge in [-0.1, -0.05) is 24.3 Å². The molecule has 0 unspecified atom stereocenters. The number of aromatic amines is 1. The fourth-order valence-corrected chi connectivity index (χ4v) is 2.60. The zero-order valence-electron chi connectivity index (χ0n) is 12.4. The number of fused-ring (bicyclic) bond motifs is 1. The van der Waals surface area contributed by atoms with Crippen LogP contribution in [0.2, 0.25) is 0 Å². The van der Waals surface area contributed by atoms with Gasteiger partial charge < -0.3 is 4.98 Å². The van der Waals surface area contributed by atoms with Crippen LogP contribution in [0.3, 0.4) is 0 Å². The number of nitrogens with one attached hydrogen (secondary N) is 1. The third-order valence-corrected chi connectivity index (χ3v) is 3.68. The Morgan fingerprint density at radius 3 is 2.78 bits per heavy atom. The lowest BCUT2D eigenvalue weighted by Gasteiger charge is -2.01. The van der Waals surface area contributed by atoms with Crippen LogP contribution >= 0.6 is 0 Å². The fraction of sp³-hybridized carbons (Fsp3) is 0.0526. The fourth-order valence-electron chi connectivity index (χ4n) is 2.60. The van der Waals surface area contributed by atoms with E-state index in [0.29, 0.717) is 11.1 Å². The molecule has 0 fully saturated rings. The molecule has 3 nitrogen and oxygen atoms in total. The number of halogens is 1. The number of hydrogen-bond acceptors (Lipinski definition) is 2. The number of carbonyl (C=O) groups is 1. The Bertz CT molecular complexity index is 976. The molecule has 0 atom stereocenters. The zero-order chi connectivity index (χ0) is 16.4. The van der Waals surface area contributed by atoms with E-state index in [-0.39, 0.29) is 11.4 Å². The van der Waals surface area contributed by atoms with Gasteiger partial charge in [-0.2, -0.15) is 5.26 Å². The van der Waals surface area contributed by atoms with Crippen molar-refractivity contribution in [1.82, 2.24) is 4.98 Å². The van der Waals surface area contributed by atoms with E-state index in [1.54, 1.807) is 12.3 Å². The van der Waals surface area contributed by atoms with Gasteiger partial charge in [0.1, 0.15) is 17.5 Å². The molecule has 0 aliphatic carbocycles. The molecule has 112 valence electrons. The first-order valence-electron chi connectivity index (χ1n) is 7.09. The minimum absolute atomic E-state index is 0.0280. The number of benzene rings is 2. The molecule has 0 aliphatic heterocycles. The molecule has 1 aromatic heterocycles. The average molecular weight is 304 g/mol. The number of ketones is 1. The van der Waals surface area contributed by atoms with E-state index in [2.05, 4.69) is 4.98 Å². The van der Waals surface area contributed by atoms with E-state index in [9.17, 15) is 14.4 Å². The molecule has 0 bridgehead atoms. The highest BCUT2D eigenvalue weighted by atomic mass is 19.1. The van der Waals surface area contributed by atoms with Crippen LogP contribution in [0, 0.1) is 24.1 Å². The van der Waals surface area contributed by atoms with Crippen LogP contribution in [0.15, 0.2) is 54.2 Å². The molecule has 3 aromatic rings. The highest BCUT2D eigenvalue weighted by molar-refractivity contribution is 6.20. The minimum Gasteiger partial charge on any atom is -0.360 e. The van der Waals surface area contributed by atoms with Gasteiger partial charge >= 0.3 is 0 Å². The van der Waals surface area contributed by atoms with Crippen molar-refractivity contribution in [2.45, 2.75) is 6.92 Å². The van der Waals surface area contributed by atoms with Crippen molar-refractivity contribution in [1.29, 1.82) is 5.26 Å². The molecule has 23 heavy (non-hydrogen) atoms. The number of H-pyrrole nitrogens is 1. The third kappa shape index (κ3) is 2.77. The number of nitriles is 1. The SMILES string of the molecule is Cc1cccc2[nH]cc(C(=O)/C(C#N)=C/c3cccc(F)c3)c12. The summed E-state index contributed by atoms with van der Waals surface area (Å²) in [6, 6.07) is 13.4. The summed E-state index contributed by atoms with van der Waals surface area (Å²) in [5.74, 6) is -0.788. The van der Waals surface area contributed by atoms with Gasteiger partial charge in [-0.15, -0.1) is 0 Å². The number of aryl methyl sites for hydroxylation is 1. The van der Waals surface area contributed by atoms with E-state index in [0.717, 1.165) is 16.5 Å². The van der Waals surface area contributed by atoms with E-state index >= 15 is 0 Å². The van der Waals surface area contributed by atoms with Crippen molar-refractivity contribution in [2.24, 2.45) is 0 Å². The monoisotopic (exact) mass is 304 g/mol. The molecule has 0 radical (unpaired) electrons. The van der Waals surface area contributed by atoms with Crippen molar-refractivity contribution in [3.05, 3.63) is 76.7 Å². The van der Waals surface area contributed by atoms with Crippen molar-refractivity contribution in [3.63, 3.8) is 0 Å². The number of nitrogens with zero attached hydrogens (tertiary/aromatic N) is 1. The lowest BCUT2D eigenvalue weighted by molar-refractivity contribution is 0.104. The number of allylic oxidation sites excluding steroid dienone is 1. The molecule has 0 amide bonds. The maximum atomic E-state index is 13.3. The van der Waals surface area contributed by atoms with E-state index in [1.807, 2.05) is 31.2 Å². The summed E-state index contributed by atoms with van der Waals surface area (Å²) in [4.78, 5) is 15.7. The van der Waals surface area contributed by atoms with Crippen molar-refractivity contribution in [2.75, 3.05) is 0 Å². The van der Waals surface area contributed by atoms with Gasteiger partial charge in [0.05, 0.1) is 0 Å². The van der Waals surface area contributed by atoms with Crippen molar-refractivity contribution in [3.8, 4) is 6.07 Å². The van der Waals surface area contributed by atoms with Gasteiger partial charge in [0.25, 0.3) is 0 Å². The second-order valence-electron chi connectivity index (χ2n) is 5.25. The Labute approximate surface area is 132 Å². The van der Waals surface area contributed by atoms with Crippen LogP contribution < -0.4 is 0 Å². The summed E-state index contributed by atoms with van der Waals surface area (Å²) in [7, 11) is 0. The second kappa shape index (κ2) is 5.90. The number of rotatable bonds is 3. The maximum Gasteiger partial charge on any atom is 0.205 e. The predicted octanol–water partition coefficient (Wildman–Crippen LogP) is 4.41. The summed E-state index contributed by atoms with van der Waals surface area (Å²) in [6.07, 6.45) is 3.01. The molecular formula is C19H13FN2O. The molecule has 0 aliphatic rings. The van der Waals surface area contributed by atoms with Gasteiger partial charge in [-0.25, -0.2) is 4.39 Å². The second-order valence-corrected chi connectivity index (χ2v) is 5.25. The summed E-state index contributed by atoms with van der Waals surface area (Å²) in [5.41, 5.74) is 2.69. The van der Waals surface area contributed by atoms with Crippen LogP contribution in [0.25, 0.3) is 17.0 Å². The molecule has 1 heterocycles. The van der Waals surface area contributed by atoms with E-state index in [1.165, 1.54) is 24.3 Å². The normalized spacial score (nSPS) is 11.4. The van der Waals surface area contributed by atoms with Crippen LogP contribution in [-0.4, -0.2) is 10.8 Å². The summed E-state index contributed by atoms with van der Waals surface area (Å²) >= 11 is 0. The smallest absolute Gasteiger partial charge is 0.205 e. The largest absolute Gasteiger partial charge is 0.360 e. The molecule has 3 rings (SSSR count). The molecular weight excluding hydrogens is 291 g/mol. The number of hydrogen-bond donors (Lipinski definition) is 1. The van der Waals surface area contributed by atoms with Crippen molar-refractivity contribution < 1.29 is 9.18 Å². The Kier molecular flexibility index (Phi) is 3.78. The number of carbonyl (C=O) groups excluding carboxylic acids is 1. The highest BCUT2D eigenvalue weighted by Gasteiger charge is 2.17. The highest BCUT2D eigenvalue weighted by Crippen LogP contribution is 2.25. The summed E-state index contributed by atoms with van der Waals surface area (Å²) in [5, 5.41) is 10.1. The van der Waals surface area contributed by atoms with Gasteiger partial charge in [0, 0.05) is 22.7 Å².